The summed E-state index contributed by atoms with van der Waals surface area (Å²) >= 11 is 0. The van der Waals surface area contributed by atoms with Crippen LogP contribution in [-0.4, -0.2) is 41.9 Å². The number of likely N-dealkylation sites (tertiary alicyclic amines) is 1. The summed E-state index contributed by atoms with van der Waals surface area (Å²) < 4.78 is 13.8. The van der Waals surface area contributed by atoms with Gasteiger partial charge in [-0.3, -0.25) is 9.69 Å². The van der Waals surface area contributed by atoms with Crippen molar-refractivity contribution in [1.82, 2.24) is 9.80 Å². The highest BCUT2D eigenvalue weighted by atomic mass is 19.1. The average Bonchev–Trinajstić information content (AvgIpc) is 2.47. The maximum absolute atomic E-state index is 13.8. The number of nitrogens with zero attached hydrogens (tertiary/aromatic N) is 2. The fourth-order valence-corrected chi connectivity index (χ4v) is 3.48. The van der Waals surface area contributed by atoms with Gasteiger partial charge in [-0.05, 0) is 38.3 Å². The molecule has 1 saturated carbocycles. The lowest BCUT2D eigenvalue weighted by molar-refractivity contribution is -0.140. The standard InChI is InChI=1S/C18H25FN2O/c1-20(18(22)14-7-4-8-14)16-9-5-11-21(13-16)12-15-6-2-3-10-17(15)19/h2-3,6,10,14,16H,4-5,7-9,11-13H2,1H3. The molecule has 1 heterocycles. The van der Waals surface area contributed by atoms with E-state index in [-0.39, 0.29) is 17.8 Å². The number of hydrogen-bond donors (Lipinski definition) is 0. The number of likely N-dealkylation sites (N-methyl/N-ethyl adjacent to an activating group) is 1. The molecule has 1 atom stereocenters. The van der Waals surface area contributed by atoms with Crippen LogP contribution in [0.2, 0.25) is 0 Å². The summed E-state index contributed by atoms with van der Waals surface area (Å²) in [7, 11) is 1.94. The van der Waals surface area contributed by atoms with Gasteiger partial charge in [0.1, 0.15) is 5.82 Å². The first-order chi connectivity index (χ1) is 10.6. The van der Waals surface area contributed by atoms with Crippen LogP contribution >= 0.6 is 0 Å². The molecular formula is C18H25FN2O. The molecule has 1 aromatic carbocycles. The molecule has 0 aromatic heterocycles. The Morgan fingerprint density at radius 1 is 1.27 bits per heavy atom. The molecule has 0 bridgehead atoms. The Morgan fingerprint density at radius 3 is 2.73 bits per heavy atom. The van der Waals surface area contributed by atoms with E-state index in [1.165, 1.54) is 12.5 Å². The van der Waals surface area contributed by atoms with Crippen molar-refractivity contribution in [3.63, 3.8) is 0 Å². The van der Waals surface area contributed by atoms with Gasteiger partial charge in [0.25, 0.3) is 0 Å². The third kappa shape index (κ3) is 3.32. The van der Waals surface area contributed by atoms with E-state index >= 15 is 0 Å². The molecule has 0 radical (unpaired) electrons. The molecule has 2 aliphatic rings. The molecule has 1 saturated heterocycles. The van der Waals surface area contributed by atoms with Gasteiger partial charge in [-0.2, -0.15) is 0 Å². The van der Waals surface area contributed by atoms with Gasteiger partial charge in [-0.25, -0.2) is 4.39 Å². The molecule has 2 fully saturated rings. The Bertz CT molecular complexity index is 530. The SMILES string of the molecule is CN(C(=O)C1CCC1)C1CCCN(Cc2ccccc2F)C1. The van der Waals surface area contributed by atoms with Gasteiger partial charge < -0.3 is 4.90 Å². The molecule has 3 nitrogen and oxygen atoms in total. The molecular weight excluding hydrogens is 279 g/mol. The van der Waals surface area contributed by atoms with Crippen molar-refractivity contribution >= 4 is 5.91 Å². The number of benzene rings is 1. The van der Waals surface area contributed by atoms with E-state index < -0.39 is 0 Å². The zero-order valence-electron chi connectivity index (χ0n) is 13.3. The lowest BCUT2D eigenvalue weighted by Crippen LogP contribution is -2.50. The fourth-order valence-electron chi connectivity index (χ4n) is 3.48. The number of carbonyl (C=O) groups is 1. The van der Waals surface area contributed by atoms with E-state index in [0.29, 0.717) is 12.5 Å². The lowest BCUT2D eigenvalue weighted by Gasteiger charge is -2.40. The summed E-state index contributed by atoms with van der Waals surface area (Å²) in [5.41, 5.74) is 0.746. The molecule has 1 unspecified atom stereocenters. The molecule has 120 valence electrons. The number of rotatable bonds is 4. The van der Waals surface area contributed by atoms with E-state index in [1.54, 1.807) is 6.07 Å². The normalized spacial score (nSPS) is 23.1. The van der Waals surface area contributed by atoms with Gasteiger partial charge in [-0.15, -0.1) is 0 Å². The fraction of sp³-hybridized carbons (Fsp3) is 0.611. The minimum absolute atomic E-state index is 0.136. The van der Waals surface area contributed by atoms with Crippen molar-refractivity contribution in [2.45, 2.75) is 44.7 Å². The molecule has 1 aliphatic heterocycles. The van der Waals surface area contributed by atoms with E-state index in [4.69, 9.17) is 0 Å². The van der Waals surface area contributed by atoms with Crippen LogP contribution < -0.4 is 0 Å². The maximum atomic E-state index is 13.8. The number of carbonyl (C=O) groups excluding carboxylic acids is 1. The van der Waals surface area contributed by atoms with Gasteiger partial charge >= 0.3 is 0 Å². The van der Waals surface area contributed by atoms with E-state index in [1.807, 2.05) is 24.1 Å². The second-order valence-corrected chi connectivity index (χ2v) is 6.70. The molecule has 0 N–H and O–H groups in total. The van der Waals surface area contributed by atoms with Crippen molar-refractivity contribution in [2.24, 2.45) is 5.92 Å². The van der Waals surface area contributed by atoms with Crippen LogP contribution in [0.15, 0.2) is 24.3 Å². The Kier molecular flexibility index (Phi) is 4.77. The molecule has 1 aliphatic carbocycles. The number of hydrogen-bond acceptors (Lipinski definition) is 2. The van der Waals surface area contributed by atoms with Gasteiger partial charge in [0.2, 0.25) is 5.91 Å². The van der Waals surface area contributed by atoms with Crippen LogP contribution in [0.4, 0.5) is 4.39 Å². The highest BCUT2D eigenvalue weighted by Crippen LogP contribution is 2.29. The zero-order chi connectivity index (χ0) is 15.5. The zero-order valence-corrected chi connectivity index (χ0v) is 13.3. The van der Waals surface area contributed by atoms with Gasteiger partial charge in [0.15, 0.2) is 0 Å². The highest BCUT2D eigenvalue weighted by Gasteiger charge is 2.32. The molecule has 0 spiro atoms. The van der Waals surface area contributed by atoms with E-state index in [0.717, 1.165) is 44.3 Å². The van der Waals surface area contributed by atoms with Crippen LogP contribution in [-0.2, 0) is 11.3 Å². The van der Waals surface area contributed by atoms with E-state index in [9.17, 15) is 9.18 Å². The summed E-state index contributed by atoms with van der Waals surface area (Å²) in [5, 5.41) is 0. The number of halogens is 1. The van der Waals surface area contributed by atoms with Gasteiger partial charge in [-0.1, -0.05) is 24.6 Å². The maximum Gasteiger partial charge on any atom is 0.225 e. The molecule has 1 aromatic rings. The smallest absolute Gasteiger partial charge is 0.225 e. The Labute approximate surface area is 132 Å². The molecule has 22 heavy (non-hydrogen) atoms. The Balaban J connectivity index is 1.59. The predicted octanol–water partition coefficient (Wildman–Crippen LogP) is 3.05. The van der Waals surface area contributed by atoms with Crippen molar-refractivity contribution in [3.8, 4) is 0 Å². The molecule has 3 rings (SSSR count). The summed E-state index contributed by atoms with van der Waals surface area (Å²) in [6.45, 7) is 2.47. The second-order valence-electron chi connectivity index (χ2n) is 6.70. The second kappa shape index (κ2) is 6.78. The summed E-state index contributed by atoms with van der Waals surface area (Å²) in [4.78, 5) is 16.6. The minimum Gasteiger partial charge on any atom is -0.341 e. The molecule has 1 amide bonds. The predicted molar refractivity (Wildman–Crippen MR) is 84.8 cm³/mol. The summed E-state index contributed by atoms with van der Waals surface area (Å²) in [5.74, 6) is 0.430. The summed E-state index contributed by atoms with van der Waals surface area (Å²) in [6, 6.07) is 7.24. The first kappa shape index (κ1) is 15.5. The summed E-state index contributed by atoms with van der Waals surface area (Å²) in [6.07, 6.45) is 5.42. The average molecular weight is 304 g/mol. The van der Waals surface area contributed by atoms with Crippen molar-refractivity contribution in [2.75, 3.05) is 20.1 Å². The van der Waals surface area contributed by atoms with Crippen LogP contribution in [0, 0.1) is 11.7 Å². The Morgan fingerprint density at radius 2 is 2.05 bits per heavy atom. The van der Waals surface area contributed by atoms with Gasteiger partial charge in [0.05, 0.1) is 0 Å². The largest absolute Gasteiger partial charge is 0.341 e. The van der Waals surface area contributed by atoms with Crippen LogP contribution in [0.1, 0.15) is 37.7 Å². The van der Waals surface area contributed by atoms with Gasteiger partial charge in [0, 0.05) is 37.7 Å². The molecule has 4 heteroatoms. The number of amides is 1. The first-order valence-corrected chi connectivity index (χ1v) is 8.37. The third-order valence-electron chi connectivity index (χ3n) is 5.18. The quantitative estimate of drug-likeness (QED) is 0.853. The topological polar surface area (TPSA) is 23.6 Å². The minimum atomic E-state index is -0.136. The highest BCUT2D eigenvalue weighted by molar-refractivity contribution is 5.79. The first-order valence-electron chi connectivity index (χ1n) is 8.37. The van der Waals surface area contributed by atoms with Crippen LogP contribution in [0.25, 0.3) is 0 Å². The monoisotopic (exact) mass is 304 g/mol. The van der Waals surface area contributed by atoms with Crippen molar-refractivity contribution in [3.05, 3.63) is 35.6 Å². The lowest BCUT2D eigenvalue weighted by atomic mass is 9.84. The third-order valence-corrected chi connectivity index (χ3v) is 5.18. The van der Waals surface area contributed by atoms with E-state index in [2.05, 4.69) is 4.90 Å². The van der Waals surface area contributed by atoms with Crippen LogP contribution in [0.3, 0.4) is 0 Å². The Hall–Kier alpha value is -1.42. The van der Waals surface area contributed by atoms with Crippen molar-refractivity contribution in [1.29, 1.82) is 0 Å². The van der Waals surface area contributed by atoms with Crippen LogP contribution in [0.5, 0.6) is 0 Å². The van der Waals surface area contributed by atoms with Crippen molar-refractivity contribution < 1.29 is 9.18 Å². The number of piperidine rings is 1.